The van der Waals surface area contributed by atoms with Crippen molar-refractivity contribution < 1.29 is 33.4 Å². The smallest absolute Gasteiger partial charge is 0.303 e. The number of hydrogen-bond acceptors (Lipinski definition) is 11. The van der Waals surface area contributed by atoms with Crippen LogP contribution in [0.2, 0.25) is 0 Å². The van der Waals surface area contributed by atoms with E-state index < -0.39 is 42.4 Å². The van der Waals surface area contributed by atoms with E-state index in [1.54, 1.807) is 6.92 Å². The quantitative estimate of drug-likeness (QED) is 0.259. The molecule has 3 aromatic rings. The van der Waals surface area contributed by atoms with Crippen molar-refractivity contribution in [3.63, 3.8) is 0 Å². The molecule has 2 aliphatic rings. The van der Waals surface area contributed by atoms with Crippen LogP contribution in [0.4, 0.5) is 5.95 Å². The molecule has 2 aromatic heterocycles. The summed E-state index contributed by atoms with van der Waals surface area (Å²) in [5.74, 6) is -0.449. The Balaban J connectivity index is 1.05. The van der Waals surface area contributed by atoms with Crippen molar-refractivity contribution in [2.45, 2.75) is 71.2 Å². The molecule has 2 fully saturated rings. The zero-order valence-corrected chi connectivity index (χ0v) is 25.5. The van der Waals surface area contributed by atoms with Gasteiger partial charge in [-0.25, -0.2) is 20.3 Å². The van der Waals surface area contributed by atoms with Crippen molar-refractivity contribution in [2.24, 2.45) is 13.0 Å². The number of benzene rings is 1. The molecule has 236 valence electrons. The summed E-state index contributed by atoms with van der Waals surface area (Å²) in [4.78, 5) is 52.1. The number of piperidine rings is 1. The number of rotatable bonds is 10. The molecule has 4 heterocycles. The second-order valence-electron chi connectivity index (χ2n) is 11.4. The molecule has 44 heavy (non-hydrogen) atoms. The van der Waals surface area contributed by atoms with E-state index in [9.17, 15) is 14.4 Å². The van der Waals surface area contributed by atoms with E-state index in [-0.39, 0.29) is 12.0 Å². The second-order valence-corrected chi connectivity index (χ2v) is 11.4. The van der Waals surface area contributed by atoms with Crippen molar-refractivity contribution in [1.29, 1.82) is 0 Å². The van der Waals surface area contributed by atoms with Gasteiger partial charge in [-0.05, 0) is 43.9 Å². The van der Waals surface area contributed by atoms with Crippen LogP contribution in [0.1, 0.15) is 56.0 Å². The van der Waals surface area contributed by atoms with Crippen LogP contribution in [0.5, 0.6) is 0 Å². The summed E-state index contributed by atoms with van der Waals surface area (Å²) in [6.45, 7) is 7.66. The van der Waals surface area contributed by atoms with Crippen molar-refractivity contribution in [3.8, 4) is 0 Å². The number of carbonyl (C=O) groups excluding carboxylic acids is 3. The molecule has 0 saturated carbocycles. The van der Waals surface area contributed by atoms with E-state index in [4.69, 9.17) is 19.0 Å². The van der Waals surface area contributed by atoms with Gasteiger partial charge >= 0.3 is 11.9 Å². The maximum atomic E-state index is 12.7. The number of esters is 2. The largest absolute Gasteiger partial charge is 0.458 e. The second kappa shape index (κ2) is 14.1. The van der Waals surface area contributed by atoms with Crippen LogP contribution in [-0.4, -0.2) is 76.6 Å². The molecular weight excluding hydrogens is 568 g/mol. The molecule has 5 rings (SSSR count). The number of ether oxygens (including phenoxy) is 3. The minimum absolute atomic E-state index is 0.0617. The number of nitrogens with zero attached hydrogens (tertiary/aromatic N) is 4. The summed E-state index contributed by atoms with van der Waals surface area (Å²) >= 11 is 0. The number of anilines is 1. The third-order valence-electron chi connectivity index (χ3n) is 8.05. The van der Waals surface area contributed by atoms with Crippen LogP contribution in [0.3, 0.4) is 0 Å². The Kier molecular flexibility index (Phi) is 10.1. The summed E-state index contributed by atoms with van der Waals surface area (Å²) in [6.07, 6.45) is 4.09. The van der Waals surface area contributed by atoms with E-state index in [0.717, 1.165) is 39.0 Å². The molecular formula is C31H40N6O7. The average molecular weight is 609 g/mol. The Labute approximate surface area is 256 Å². The lowest BCUT2D eigenvalue weighted by Crippen LogP contribution is -2.52. The first-order chi connectivity index (χ1) is 21.2. The van der Waals surface area contributed by atoms with Crippen LogP contribution in [-0.2, 0) is 42.2 Å². The van der Waals surface area contributed by atoms with Gasteiger partial charge in [0.05, 0.1) is 11.7 Å². The van der Waals surface area contributed by atoms with E-state index in [1.807, 2.05) is 0 Å². The molecule has 0 spiro atoms. The fourth-order valence-corrected chi connectivity index (χ4v) is 5.86. The van der Waals surface area contributed by atoms with Gasteiger partial charge in [0.15, 0.2) is 12.4 Å². The molecule has 1 amide bonds. The maximum Gasteiger partial charge on any atom is 0.303 e. The number of aromatic nitrogens is 3. The summed E-state index contributed by atoms with van der Waals surface area (Å²) in [6, 6.07) is 8.46. The number of fused-ring (bicyclic) bond motifs is 1. The van der Waals surface area contributed by atoms with E-state index in [0.29, 0.717) is 11.9 Å². The topological polar surface area (TPSA) is 146 Å². The molecule has 2 N–H and O–H groups in total. The third-order valence-corrected chi connectivity index (χ3v) is 8.05. The summed E-state index contributed by atoms with van der Waals surface area (Å²) in [5.41, 5.74) is 5.12. The Morgan fingerprint density at radius 1 is 1.05 bits per heavy atom. The lowest BCUT2D eigenvalue weighted by molar-refractivity contribution is -0.266. The number of para-hydroxylation sites is 1. The number of hydrogen-bond donors (Lipinski definition) is 2. The minimum Gasteiger partial charge on any atom is -0.458 e. The molecule has 4 atom stereocenters. The zero-order valence-electron chi connectivity index (χ0n) is 25.5. The lowest BCUT2D eigenvalue weighted by atomic mass is 9.97. The number of amides is 1. The van der Waals surface area contributed by atoms with Crippen LogP contribution in [0.25, 0.3) is 10.9 Å². The molecule has 0 bridgehead atoms. The molecule has 0 radical (unpaired) electrons. The molecule has 2 aliphatic heterocycles. The fourth-order valence-electron chi connectivity index (χ4n) is 5.86. The standard InChI is InChI=1S/C31H40N6O7/c1-19-29(43-21(3)39)27(42-20(2)38)13-28(41-19)44-35-30(40)23-16-33-31(34-17-23)37-11-9-22(10-12-37)14-32-15-24-18-36(4)26-8-6-5-7-25(24)26/h5-8,16-19,22,27-29,32H,9-15H2,1-4H3,(H,35,40)/t19-,27-,28-,29+/m0/s1. The number of carbonyl (C=O) groups is 3. The van der Waals surface area contributed by atoms with Gasteiger partial charge in [-0.1, -0.05) is 18.2 Å². The molecule has 13 nitrogen and oxygen atoms in total. The first kappa shape index (κ1) is 31.4. The Hall–Kier alpha value is -4.07. The average Bonchev–Trinajstić information content (AvgIpc) is 3.33. The summed E-state index contributed by atoms with van der Waals surface area (Å²) in [7, 11) is 2.08. The molecule has 0 unspecified atom stereocenters. The normalized spacial score (nSPS) is 22.5. The van der Waals surface area contributed by atoms with E-state index in [1.165, 1.54) is 42.7 Å². The molecule has 1 aromatic carbocycles. The molecule has 13 heteroatoms. The highest BCUT2D eigenvalue weighted by Crippen LogP contribution is 2.26. The monoisotopic (exact) mass is 608 g/mol. The third kappa shape index (κ3) is 7.71. The molecule has 2 saturated heterocycles. The predicted octanol–water partition coefficient (Wildman–Crippen LogP) is 2.63. The summed E-state index contributed by atoms with van der Waals surface area (Å²) in [5, 5.41) is 4.93. The maximum absolute atomic E-state index is 12.7. The Bertz CT molecular complexity index is 1450. The van der Waals surface area contributed by atoms with Gasteiger partial charge in [-0.3, -0.25) is 14.4 Å². The number of hydroxylamine groups is 1. The van der Waals surface area contributed by atoms with Crippen molar-refractivity contribution in [2.75, 3.05) is 24.5 Å². The van der Waals surface area contributed by atoms with E-state index >= 15 is 0 Å². The van der Waals surface area contributed by atoms with Crippen LogP contribution in [0.15, 0.2) is 42.9 Å². The first-order valence-corrected chi connectivity index (χ1v) is 14.9. The van der Waals surface area contributed by atoms with Gasteiger partial charge in [0.25, 0.3) is 5.91 Å². The molecule has 0 aliphatic carbocycles. The van der Waals surface area contributed by atoms with Crippen LogP contribution >= 0.6 is 0 Å². The Morgan fingerprint density at radius 3 is 2.45 bits per heavy atom. The SMILES string of the molecule is CC(=O)O[C@@H]1[C@H](C)O[C@@H](ONC(=O)c2cnc(N3CCC(CNCc4cn(C)c5ccccc45)CC3)nc2)C[C@@H]1OC(C)=O. The highest BCUT2D eigenvalue weighted by Gasteiger charge is 2.41. The van der Waals surface area contributed by atoms with Crippen molar-refractivity contribution >= 4 is 34.7 Å². The van der Waals surface area contributed by atoms with Crippen LogP contribution in [0, 0.1) is 5.92 Å². The highest BCUT2D eigenvalue weighted by molar-refractivity contribution is 5.92. The van der Waals surface area contributed by atoms with Gasteiger partial charge < -0.3 is 29.0 Å². The fraction of sp³-hybridized carbons (Fsp3) is 0.516. The van der Waals surface area contributed by atoms with Gasteiger partial charge in [0.1, 0.15) is 6.10 Å². The van der Waals surface area contributed by atoms with Crippen molar-refractivity contribution in [3.05, 3.63) is 54.0 Å². The first-order valence-electron chi connectivity index (χ1n) is 14.9. The summed E-state index contributed by atoms with van der Waals surface area (Å²) < 4.78 is 18.5. The Morgan fingerprint density at radius 2 is 1.75 bits per heavy atom. The number of nitrogens with one attached hydrogen (secondary N) is 2. The predicted molar refractivity (Wildman–Crippen MR) is 160 cm³/mol. The van der Waals surface area contributed by atoms with E-state index in [2.05, 4.69) is 67.7 Å². The van der Waals surface area contributed by atoms with Gasteiger partial charge in [-0.15, -0.1) is 0 Å². The van der Waals surface area contributed by atoms with Gasteiger partial charge in [-0.2, -0.15) is 0 Å². The highest BCUT2D eigenvalue weighted by atomic mass is 16.8. The van der Waals surface area contributed by atoms with Crippen LogP contribution < -0.4 is 15.7 Å². The minimum atomic E-state index is -0.923. The number of aryl methyl sites for hydroxylation is 1. The van der Waals surface area contributed by atoms with Gasteiger partial charge in [0.2, 0.25) is 5.95 Å². The van der Waals surface area contributed by atoms with Gasteiger partial charge in [0, 0.05) is 76.4 Å². The zero-order chi connectivity index (χ0) is 31.2. The van der Waals surface area contributed by atoms with Crippen molar-refractivity contribution in [1.82, 2.24) is 25.3 Å². The lowest BCUT2D eigenvalue weighted by Gasteiger charge is -2.38.